The third kappa shape index (κ3) is 0.0579. The molecule has 0 saturated carbocycles. The van der Waals surface area contributed by atoms with Crippen LogP contribution in [0.5, 0.6) is 0 Å². The summed E-state index contributed by atoms with van der Waals surface area (Å²) in [4.78, 5) is 15.9. The van der Waals surface area contributed by atoms with Gasteiger partial charge in [-0.25, -0.2) is 0 Å². The van der Waals surface area contributed by atoms with Gasteiger partial charge in [0.1, 0.15) is 0 Å². The topological polar surface area (TPSA) is 32.6 Å². The minimum absolute atomic E-state index is 0.802. The Bertz CT molecular complexity index is 672. The maximum absolute atomic E-state index is 7.64. The van der Waals surface area contributed by atoms with Crippen LogP contribution in [0, 0.1) is 0 Å². The van der Waals surface area contributed by atoms with Crippen LogP contribution in [0.3, 0.4) is 0 Å². The Morgan fingerprint density at radius 2 is 1.19 bits per heavy atom. The van der Waals surface area contributed by atoms with E-state index in [0.29, 0.717) is 0 Å². The van der Waals surface area contributed by atoms with Gasteiger partial charge >= 0.3 is 54.7 Å². The van der Waals surface area contributed by atoms with Crippen molar-refractivity contribution in [1.29, 1.82) is 0 Å². The van der Waals surface area contributed by atoms with Gasteiger partial charge in [-0.15, -0.1) is 5.16 Å². The summed E-state index contributed by atoms with van der Waals surface area (Å²) in [6.07, 6.45) is 2.23. The molecule has 0 radical (unpaired) electrons. The standard InChI is InChI=1S/2C5H5.C3H7NO.Fe/c2*1-2-4-5-3-1;1-2-3-4-5;/h2*1-5H;3,5H,2H2,1H3;. The summed E-state index contributed by atoms with van der Waals surface area (Å²) in [5.41, 5.74) is 0. The zero-order valence-corrected chi connectivity index (χ0v) is 10.4. The van der Waals surface area contributed by atoms with E-state index in [4.69, 9.17) is 5.21 Å². The van der Waals surface area contributed by atoms with Crippen molar-refractivity contribution in [2.24, 2.45) is 5.16 Å². The van der Waals surface area contributed by atoms with Crippen LogP contribution in [0.25, 0.3) is 0 Å². The van der Waals surface area contributed by atoms with Crippen molar-refractivity contribution in [3.63, 3.8) is 0 Å². The van der Waals surface area contributed by atoms with Crippen molar-refractivity contribution >= 4 is 6.21 Å². The Balaban J connectivity index is 0.000000105. The third-order valence-electron chi connectivity index (χ3n) is 14.8. The summed E-state index contributed by atoms with van der Waals surface area (Å²) in [6, 6.07) is 0. The summed E-state index contributed by atoms with van der Waals surface area (Å²) in [5, 5.41) is 10.4. The Kier molecular flexibility index (Phi) is 0.188. The zero-order chi connectivity index (χ0) is 10.2. The van der Waals surface area contributed by atoms with E-state index in [9.17, 15) is 0 Å². The second-order valence-corrected chi connectivity index (χ2v) is 34.2. The van der Waals surface area contributed by atoms with Crippen LogP contribution in [-0.2, 0) is 6.51 Å². The van der Waals surface area contributed by atoms with E-state index in [1.54, 1.807) is 48.2 Å². The van der Waals surface area contributed by atoms with Crippen molar-refractivity contribution < 1.29 is 11.7 Å². The molecule has 1 spiro atoms. The Morgan fingerprint density at radius 3 is 1.19 bits per heavy atom. The van der Waals surface area contributed by atoms with Crippen molar-refractivity contribution in [1.82, 2.24) is 0 Å². The van der Waals surface area contributed by atoms with Crippen LogP contribution in [-0.4, -0.2) is 11.4 Å². The molecule has 0 bridgehead atoms. The molecule has 10 fully saturated rings. The average Bonchev–Trinajstić information content (AvgIpc) is 3.25. The number of hydrogen-bond acceptors (Lipinski definition) is 2. The fraction of sp³-hybridized carbons (Fsp3) is 0.923. The van der Waals surface area contributed by atoms with Crippen LogP contribution in [0.2, 0.25) is 48.2 Å². The van der Waals surface area contributed by atoms with Crippen molar-refractivity contribution in [3.05, 3.63) is 0 Å². The molecule has 10 saturated heterocycles. The van der Waals surface area contributed by atoms with E-state index in [2.05, 4.69) is 5.16 Å². The van der Waals surface area contributed by atoms with E-state index >= 15 is 0 Å². The fourth-order valence-electron chi connectivity index (χ4n) is 15.9. The second kappa shape index (κ2) is 0.482. The monoisotopic (exact) mass is 259 g/mol. The number of oxime groups is 1. The maximum atomic E-state index is 7.64. The predicted octanol–water partition coefficient (Wildman–Crippen LogP) is 4.23. The van der Waals surface area contributed by atoms with Gasteiger partial charge in [-0.1, -0.05) is 6.92 Å². The van der Waals surface area contributed by atoms with Crippen LogP contribution in [0.15, 0.2) is 5.16 Å². The molecule has 0 aromatic carbocycles. The number of fused-ring (bicyclic) bond motifs is 10. The second-order valence-electron chi connectivity index (χ2n) is 10.3. The first-order valence-electron chi connectivity index (χ1n) is 6.95. The molecule has 10 heterocycles. The molecule has 88 valence electrons. The summed E-state index contributed by atoms with van der Waals surface area (Å²) < 4.78 is 0. The molecule has 10 rings (SSSR count). The Labute approximate surface area is 84.8 Å². The van der Waals surface area contributed by atoms with Crippen molar-refractivity contribution in [2.75, 3.05) is 0 Å². The van der Waals surface area contributed by atoms with E-state index in [0.717, 1.165) is 6.42 Å². The van der Waals surface area contributed by atoms with Crippen LogP contribution in [0.1, 0.15) is 13.3 Å². The predicted molar refractivity (Wildman–Crippen MR) is 58.1 cm³/mol. The molecule has 16 heavy (non-hydrogen) atoms. The van der Waals surface area contributed by atoms with E-state index < -0.39 is 6.51 Å². The van der Waals surface area contributed by atoms with E-state index in [1.165, 1.54) is 6.21 Å². The van der Waals surface area contributed by atoms with E-state index in [-0.39, 0.29) is 0 Å². The number of hydrogen-bond donors (Lipinski definition) is 1. The van der Waals surface area contributed by atoms with Crippen molar-refractivity contribution in [2.45, 2.75) is 61.5 Å². The van der Waals surface area contributed by atoms with E-state index in [1.807, 2.05) is 6.92 Å². The Hall–Kier alpha value is -0.0105. The van der Waals surface area contributed by atoms with Gasteiger partial charge in [0.05, 0.1) is 0 Å². The molecular weight excluding hydrogens is 242 g/mol. The molecule has 0 atom stereocenters. The van der Waals surface area contributed by atoms with Gasteiger partial charge in [0.15, 0.2) is 0 Å². The average molecular weight is 259 g/mol. The van der Waals surface area contributed by atoms with Gasteiger partial charge in [0.25, 0.3) is 0 Å². The summed E-state index contributed by atoms with van der Waals surface area (Å²) in [7, 11) is 0. The van der Waals surface area contributed by atoms with Gasteiger partial charge in [-0.3, -0.25) is 0 Å². The molecule has 10 aliphatic rings. The van der Waals surface area contributed by atoms with Crippen molar-refractivity contribution in [3.8, 4) is 0 Å². The molecule has 2 nitrogen and oxygen atoms in total. The third-order valence-corrected chi connectivity index (χ3v) is 56.7. The molecule has 10 aliphatic heterocycles. The molecule has 0 aromatic heterocycles. The molecule has 0 aliphatic carbocycles. The molecule has 1 N–H and O–H groups in total. The quantitative estimate of drug-likeness (QED) is 0.325. The van der Waals surface area contributed by atoms with Crippen LogP contribution < -0.4 is 0 Å². The summed E-state index contributed by atoms with van der Waals surface area (Å²) in [5.74, 6) is 0. The van der Waals surface area contributed by atoms with Crippen LogP contribution >= 0.6 is 0 Å². The number of nitrogens with zero attached hydrogens (tertiary/aromatic N) is 1. The first-order valence-corrected chi connectivity index (χ1v) is 13.3. The fourth-order valence-corrected chi connectivity index (χ4v) is 88.1. The normalized spacial score (nSPS) is 121. The Morgan fingerprint density at radius 1 is 0.875 bits per heavy atom. The SMILES string of the molecule is CCC=NO.[CH]12[CH]3[CH]4[CH]5[CH]1[Fe]23451678[CH]2[CH]1[CH]6[CH]7[CH]28. The molecular formula is C13H17FeNO. The molecule has 3 heteroatoms. The minimum atomic E-state index is -2.28. The van der Waals surface area contributed by atoms with Gasteiger partial charge in [-0.2, -0.15) is 0 Å². The van der Waals surface area contributed by atoms with Gasteiger partial charge in [-0.05, 0) is 6.42 Å². The summed E-state index contributed by atoms with van der Waals surface area (Å²) in [6.45, 7) is -0.381. The molecule has 0 amide bonds. The number of rotatable bonds is 1. The van der Waals surface area contributed by atoms with Gasteiger partial charge in [0, 0.05) is 6.21 Å². The molecule has 0 aromatic rings. The van der Waals surface area contributed by atoms with Crippen LogP contribution in [0.4, 0.5) is 0 Å². The van der Waals surface area contributed by atoms with Gasteiger partial charge < -0.3 is 5.21 Å². The first-order chi connectivity index (χ1) is 7.57. The molecule has 0 unspecified atom stereocenters. The zero-order valence-electron chi connectivity index (χ0n) is 9.31. The van der Waals surface area contributed by atoms with Gasteiger partial charge in [0.2, 0.25) is 0 Å². The first kappa shape index (κ1) is 6.24. The summed E-state index contributed by atoms with van der Waals surface area (Å²) >= 11 is 0.